The minimum Gasteiger partial charge on any atom is -0.491 e. The molecule has 0 spiro atoms. The van der Waals surface area contributed by atoms with Crippen molar-refractivity contribution in [3.8, 4) is 5.75 Å². The van der Waals surface area contributed by atoms with Crippen LogP contribution in [0, 0.1) is 0 Å². The molecular weight excluding hydrogens is 328 g/mol. The molecule has 0 saturated heterocycles. The number of nitrogens with zero attached hydrogens (tertiary/aromatic N) is 1. The molecule has 0 radical (unpaired) electrons. The van der Waals surface area contributed by atoms with Gasteiger partial charge in [0.2, 0.25) is 11.8 Å². The average molecular weight is 352 g/mol. The Kier molecular flexibility index (Phi) is 5.89. The number of aryl methyl sites for hydroxylation is 1. The first-order valence-corrected chi connectivity index (χ1v) is 9.08. The number of ether oxygens (including phenoxy) is 1. The zero-order valence-electron chi connectivity index (χ0n) is 15.0. The van der Waals surface area contributed by atoms with Crippen molar-refractivity contribution in [2.45, 2.75) is 32.6 Å². The van der Waals surface area contributed by atoms with Gasteiger partial charge < -0.3 is 10.1 Å². The Hall–Kier alpha value is -2.82. The lowest BCUT2D eigenvalue weighted by atomic mass is 10.1. The summed E-state index contributed by atoms with van der Waals surface area (Å²) in [5.74, 6) is 0.294. The summed E-state index contributed by atoms with van der Waals surface area (Å²) in [6.07, 6.45) is 3.62. The van der Waals surface area contributed by atoms with Gasteiger partial charge in [-0.2, -0.15) is 0 Å². The zero-order valence-corrected chi connectivity index (χ0v) is 15.0. The molecule has 3 rings (SSSR count). The second-order valence-electron chi connectivity index (χ2n) is 6.39. The smallest absolute Gasteiger partial charge is 0.244 e. The number of amides is 2. The number of hydrogen-bond acceptors (Lipinski definition) is 3. The molecule has 0 bridgehead atoms. The van der Waals surface area contributed by atoms with Crippen LogP contribution in [0.25, 0.3) is 0 Å². The van der Waals surface area contributed by atoms with Crippen molar-refractivity contribution in [2.75, 3.05) is 23.4 Å². The van der Waals surface area contributed by atoms with Crippen molar-refractivity contribution < 1.29 is 14.3 Å². The first-order valence-electron chi connectivity index (χ1n) is 9.08. The molecule has 5 heteroatoms. The van der Waals surface area contributed by atoms with E-state index < -0.39 is 0 Å². The number of benzene rings is 2. The Bertz CT molecular complexity index is 771. The number of anilines is 2. The third-order valence-electron chi connectivity index (χ3n) is 4.39. The highest BCUT2D eigenvalue weighted by Gasteiger charge is 2.24. The fourth-order valence-corrected chi connectivity index (χ4v) is 2.97. The largest absolute Gasteiger partial charge is 0.491 e. The summed E-state index contributed by atoms with van der Waals surface area (Å²) >= 11 is 0. The monoisotopic (exact) mass is 352 g/mol. The fraction of sp³-hybridized carbons (Fsp3) is 0.333. The Labute approximate surface area is 154 Å². The minimum atomic E-state index is -0.226. The van der Waals surface area contributed by atoms with Crippen molar-refractivity contribution in [1.29, 1.82) is 0 Å². The third-order valence-corrected chi connectivity index (χ3v) is 4.39. The van der Waals surface area contributed by atoms with Crippen molar-refractivity contribution in [1.82, 2.24) is 0 Å². The summed E-state index contributed by atoms with van der Waals surface area (Å²) < 4.78 is 5.60. The lowest BCUT2D eigenvalue weighted by Gasteiger charge is -2.21. The summed E-state index contributed by atoms with van der Waals surface area (Å²) in [5.41, 5.74) is 2.64. The average Bonchev–Trinajstić information content (AvgIpc) is 2.80. The topological polar surface area (TPSA) is 58.6 Å². The lowest BCUT2D eigenvalue weighted by molar-refractivity contribution is -0.121. The number of hydrogen-bond donors (Lipinski definition) is 1. The second kappa shape index (κ2) is 8.52. The van der Waals surface area contributed by atoms with E-state index in [0.29, 0.717) is 18.0 Å². The number of carbonyl (C=O) groups excluding carboxylic acids is 2. The van der Waals surface area contributed by atoms with Crippen LogP contribution in [0.4, 0.5) is 11.4 Å². The maximum Gasteiger partial charge on any atom is 0.244 e. The van der Waals surface area contributed by atoms with Gasteiger partial charge in [0.1, 0.15) is 12.3 Å². The van der Waals surface area contributed by atoms with Gasteiger partial charge in [0, 0.05) is 5.69 Å². The van der Waals surface area contributed by atoms with E-state index in [4.69, 9.17) is 4.74 Å². The molecule has 5 nitrogen and oxygen atoms in total. The molecule has 26 heavy (non-hydrogen) atoms. The van der Waals surface area contributed by atoms with E-state index >= 15 is 0 Å². The molecule has 1 N–H and O–H groups in total. The molecule has 0 atom stereocenters. The molecule has 0 unspecified atom stereocenters. The normalized spacial score (nSPS) is 13.6. The van der Waals surface area contributed by atoms with E-state index in [-0.39, 0.29) is 24.8 Å². The Morgan fingerprint density at radius 3 is 2.69 bits per heavy atom. The standard InChI is InChI=1S/C21H24N2O3/c1-2-3-6-16-9-11-17(12-10-16)22-20(24)15-23-18-7-4-5-8-19(18)26-14-13-21(23)25/h4-5,7-12H,2-3,6,13-15H2,1H3,(H,22,24). The summed E-state index contributed by atoms with van der Waals surface area (Å²) in [6, 6.07) is 15.2. The van der Waals surface area contributed by atoms with Crippen molar-refractivity contribution >= 4 is 23.2 Å². The number of rotatable bonds is 6. The molecule has 1 aliphatic heterocycles. The Morgan fingerprint density at radius 2 is 1.92 bits per heavy atom. The molecule has 0 aromatic heterocycles. The van der Waals surface area contributed by atoms with Crippen LogP contribution >= 0.6 is 0 Å². The summed E-state index contributed by atoms with van der Waals surface area (Å²) in [7, 11) is 0. The molecule has 2 amide bonds. The van der Waals surface area contributed by atoms with E-state index in [1.54, 1.807) is 6.07 Å². The van der Waals surface area contributed by atoms with Crippen molar-refractivity contribution in [2.24, 2.45) is 0 Å². The van der Waals surface area contributed by atoms with Crippen LogP contribution in [-0.2, 0) is 16.0 Å². The van der Waals surface area contributed by atoms with Crippen LogP contribution in [-0.4, -0.2) is 25.0 Å². The van der Waals surface area contributed by atoms with Gasteiger partial charge in [-0.3, -0.25) is 14.5 Å². The van der Waals surface area contributed by atoms with Gasteiger partial charge in [0.15, 0.2) is 0 Å². The number of carbonyl (C=O) groups is 2. The van der Waals surface area contributed by atoms with Crippen molar-refractivity contribution in [3.63, 3.8) is 0 Å². The zero-order chi connectivity index (χ0) is 18.4. The molecule has 0 fully saturated rings. The highest BCUT2D eigenvalue weighted by Crippen LogP contribution is 2.30. The van der Waals surface area contributed by atoms with Crippen LogP contribution in [0.15, 0.2) is 48.5 Å². The quantitative estimate of drug-likeness (QED) is 0.861. The lowest BCUT2D eigenvalue weighted by Crippen LogP contribution is -2.37. The SMILES string of the molecule is CCCCc1ccc(NC(=O)CN2C(=O)CCOc3ccccc32)cc1. The second-order valence-corrected chi connectivity index (χ2v) is 6.39. The third kappa shape index (κ3) is 4.42. The maximum absolute atomic E-state index is 12.5. The van der Waals surface area contributed by atoms with Crippen molar-refractivity contribution in [3.05, 3.63) is 54.1 Å². The number of fused-ring (bicyclic) bond motifs is 1. The van der Waals surface area contributed by atoms with E-state index in [2.05, 4.69) is 12.2 Å². The van der Waals surface area contributed by atoms with Gasteiger partial charge in [-0.25, -0.2) is 0 Å². The molecular formula is C21H24N2O3. The molecule has 2 aromatic carbocycles. The molecule has 1 aliphatic rings. The Balaban J connectivity index is 1.66. The molecule has 1 heterocycles. The van der Waals surface area contributed by atoms with Gasteiger partial charge in [-0.1, -0.05) is 37.6 Å². The van der Waals surface area contributed by atoms with Crippen LogP contribution in [0.5, 0.6) is 5.75 Å². The fourth-order valence-electron chi connectivity index (χ4n) is 2.97. The van der Waals surface area contributed by atoms with E-state index in [0.717, 1.165) is 24.9 Å². The predicted molar refractivity (Wildman–Crippen MR) is 103 cm³/mol. The van der Waals surface area contributed by atoms with Gasteiger partial charge in [0.05, 0.1) is 18.7 Å². The Morgan fingerprint density at radius 1 is 1.15 bits per heavy atom. The molecule has 2 aromatic rings. The highest BCUT2D eigenvalue weighted by molar-refractivity contribution is 6.03. The number of para-hydroxylation sites is 2. The van der Waals surface area contributed by atoms with Crippen LogP contribution in [0.2, 0.25) is 0 Å². The number of nitrogens with one attached hydrogen (secondary N) is 1. The molecule has 0 aliphatic carbocycles. The van der Waals surface area contributed by atoms with Gasteiger partial charge in [0.25, 0.3) is 0 Å². The molecule has 136 valence electrons. The maximum atomic E-state index is 12.5. The van der Waals surface area contributed by atoms with Gasteiger partial charge >= 0.3 is 0 Å². The van der Waals surface area contributed by atoms with Gasteiger partial charge in [-0.05, 0) is 42.7 Å². The van der Waals surface area contributed by atoms with E-state index in [9.17, 15) is 9.59 Å². The van der Waals surface area contributed by atoms with Gasteiger partial charge in [-0.15, -0.1) is 0 Å². The van der Waals surface area contributed by atoms with E-state index in [1.165, 1.54) is 10.5 Å². The minimum absolute atomic E-state index is 0.0310. The van der Waals surface area contributed by atoms with E-state index in [1.807, 2.05) is 42.5 Å². The molecule has 0 saturated carbocycles. The highest BCUT2D eigenvalue weighted by atomic mass is 16.5. The summed E-state index contributed by atoms with van der Waals surface area (Å²) in [4.78, 5) is 26.3. The predicted octanol–water partition coefficient (Wildman–Crippen LogP) is 3.78. The number of unbranched alkanes of at least 4 members (excludes halogenated alkanes) is 1. The van der Waals surface area contributed by atoms with Crippen LogP contribution in [0.1, 0.15) is 31.7 Å². The first-order chi connectivity index (χ1) is 12.7. The first kappa shape index (κ1) is 18.0. The van der Waals surface area contributed by atoms with Crippen LogP contribution in [0.3, 0.4) is 0 Å². The summed E-state index contributed by atoms with van der Waals surface area (Å²) in [6.45, 7) is 2.46. The van der Waals surface area contributed by atoms with Crippen LogP contribution < -0.4 is 15.0 Å². The summed E-state index contributed by atoms with van der Waals surface area (Å²) in [5, 5.41) is 2.87.